The van der Waals surface area contributed by atoms with Crippen molar-refractivity contribution in [1.29, 1.82) is 0 Å². The van der Waals surface area contributed by atoms with E-state index in [9.17, 15) is 14.3 Å². The van der Waals surface area contributed by atoms with Gasteiger partial charge in [0.25, 0.3) is 5.91 Å². The summed E-state index contributed by atoms with van der Waals surface area (Å²) in [6.45, 7) is 0.217. The Balaban J connectivity index is 2.01. The van der Waals surface area contributed by atoms with Gasteiger partial charge in [0.2, 0.25) is 0 Å². The zero-order valence-electron chi connectivity index (χ0n) is 9.17. The molecule has 0 bridgehead atoms. The minimum Gasteiger partial charge on any atom is -0.388 e. The van der Waals surface area contributed by atoms with E-state index in [1.807, 2.05) is 0 Å². The number of benzene rings is 1. The molecule has 1 aliphatic carbocycles. The maximum absolute atomic E-state index is 13.0. The first-order valence-corrected chi connectivity index (χ1v) is 6.25. The molecule has 0 unspecified atom stereocenters. The monoisotopic (exact) mass is 301 g/mol. The first-order chi connectivity index (χ1) is 8.00. The van der Waals surface area contributed by atoms with Gasteiger partial charge >= 0.3 is 0 Å². The molecule has 1 amide bonds. The molecule has 1 aromatic carbocycles. The number of carbonyl (C=O) groups excluding carboxylic acids is 1. The van der Waals surface area contributed by atoms with Crippen LogP contribution < -0.4 is 5.32 Å². The maximum Gasteiger partial charge on any atom is 0.252 e. The molecule has 0 radical (unpaired) electrons. The molecule has 0 atom stereocenters. The van der Waals surface area contributed by atoms with E-state index in [2.05, 4.69) is 21.2 Å². The van der Waals surface area contributed by atoms with Crippen LogP contribution in [-0.2, 0) is 0 Å². The van der Waals surface area contributed by atoms with Crippen LogP contribution in [-0.4, -0.2) is 23.2 Å². The Morgan fingerprint density at radius 3 is 2.82 bits per heavy atom. The second-order valence-corrected chi connectivity index (χ2v) is 5.24. The molecular formula is C12H13BrFNO2. The van der Waals surface area contributed by atoms with E-state index < -0.39 is 11.4 Å². The van der Waals surface area contributed by atoms with Gasteiger partial charge in [0.05, 0.1) is 11.2 Å². The lowest BCUT2D eigenvalue weighted by Crippen LogP contribution is -2.47. The molecular weight excluding hydrogens is 289 g/mol. The van der Waals surface area contributed by atoms with Gasteiger partial charge in [0.1, 0.15) is 5.82 Å². The Morgan fingerprint density at radius 1 is 1.53 bits per heavy atom. The van der Waals surface area contributed by atoms with Crippen molar-refractivity contribution in [1.82, 2.24) is 5.32 Å². The highest BCUT2D eigenvalue weighted by molar-refractivity contribution is 9.10. The Labute approximate surface area is 107 Å². The lowest BCUT2D eigenvalue weighted by molar-refractivity contribution is -0.0300. The number of halogens is 2. The van der Waals surface area contributed by atoms with Crippen LogP contribution in [0.1, 0.15) is 29.6 Å². The summed E-state index contributed by atoms with van der Waals surface area (Å²) in [5.41, 5.74) is -0.525. The summed E-state index contributed by atoms with van der Waals surface area (Å²) >= 11 is 3.19. The predicted molar refractivity (Wildman–Crippen MR) is 65.2 cm³/mol. The fourth-order valence-corrected chi connectivity index (χ4v) is 2.20. The zero-order chi connectivity index (χ0) is 12.5. The Bertz CT molecular complexity index is 446. The van der Waals surface area contributed by atoms with Crippen molar-refractivity contribution in [3.63, 3.8) is 0 Å². The number of nitrogens with one attached hydrogen (secondary N) is 1. The van der Waals surface area contributed by atoms with Crippen LogP contribution in [0.5, 0.6) is 0 Å². The average molecular weight is 302 g/mol. The lowest BCUT2D eigenvalue weighted by Gasteiger charge is -2.36. The smallest absolute Gasteiger partial charge is 0.252 e. The normalized spacial score (nSPS) is 17.4. The fourth-order valence-electron chi connectivity index (χ4n) is 1.77. The van der Waals surface area contributed by atoms with E-state index in [1.165, 1.54) is 18.2 Å². The highest BCUT2D eigenvalue weighted by atomic mass is 79.9. The van der Waals surface area contributed by atoms with Crippen molar-refractivity contribution in [2.24, 2.45) is 0 Å². The molecule has 0 aromatic heterocycles. The molecule has 92 valence electrons. The SMILES string of the molecule is O=C(NCC1(O)CCC1)c1cc(F)ccc1Br. The molecule has 2 rings (SSSR count). The summed E-state index contributed by atoms with van der Waals surface area (Å²) in [6.07, 6.45) is 2.39. The molecule has 5 heteroatoms. The first-order valence-electron chi connectivity index (χ1n) is 5.46. The number of hydrogen-bond acceptors (Lipinski definition) is 2. The Hall–Kier alpha value is -0.940. The van der Waals surface area contributed by atoms with Crippen molar-refractivity contribution in [3.05, 3.63) is 34.1 Å². The van der Waals surface area contributed by atoms with Crippen molar-refractivity contribution < 1.29 is 14.3 Å². The standard InChI is InChI=1S/C12H13BrFNO2/c13-10-3-2-8(14)6-9(10)11(16)15-7-12(17)4-1-5-12/h2-3,6,17H,1,4-5,7H2,(H,15,16). The van der Waals surface area contributed by atoms with Gasteiger partial charge in [-0.3, -0.25) is 4.79 Å². The second-order valence-electron chi connectivity index (χ2n) is 4.38. The number of hydrogen-bond donors (Lipinski definition) is 2. The third kappa shape index (κ3) is 2.84. The maximum atomic E-state index is 13.0. The van der Waals surface area contributed by atoms with Crippen LogP contribution in [0.2, 0.25) is 0 Å². The summed E-state index contributed by atoms with van der Waals surface area (Å²) in [4.78, 5) is 11.8. The van der Waals surface area contributed by atoms with Crippen molar-refractivity contribution in [2.45, 2.75) is 24.9 Å². The number of carbonyl (C=O) groups is 1. The summed E-state index contributed by atoms with van der Waals surface area (Å²) in [7, 11) is 0. The molecule has 0 spiro atoms. The van der Waals surface area contributed by atoms with Crippen LogP contribution in [0.25, 0.3) is 0 Å². The summed E-state index contributed by atoms with van der Waals surface area (Å²) < 4.78 is 13.5. The van der Waals surface area contributed by atoms with Crippen LogP contribution in [0.3, 0.4) is 0 Å². The molecule has 1 aromatic rings. The van der Waals surface area contributed by atoms with Crippen molar-refractivity contribution in [2.75, 3.05) is 6.54 Å². The Kier molecular flexibility index (Phi) is 3.49. The van der Waals surface area contributed by atoms with Crippen molar-refractivity contribution >= 4 is 21.8 Å². The van der Waals surface area contributed by atoms with Crippen LogP contribution in [0, 0.1) is 5.82 Å². The number of amides is 1. The van der Waals surface area contributed by atoms with Gasteiger partial charge in [0.15, 0.2) is 0 Å². The van der Waals surface area contributed by atoms with Gasteiger partial charge in [-0.05, 0) is 53.4 Å². The molecule has 1 fully saturated rings. The third-order valence-electron chi connectivity index (χ3n) is 3.04. The quantitative estimate of drug-likeness (QED) is 0.899. The molecule has 1 aliphatic rings. The van der Waals surface area contributed by atoms with E-state index in [0.717, 1.165) is 6.42 Å². The molecule has 0 aliphatic heterocycles. The van der Waals surface area contributed by atoms with Gasteiger partial charge in [-0.1, -0.05) is 0 Å². The van der Waals surface area contributed by atoms with Gasteiger partial charge in [-0.25, -0.2) is 4.39 Å². The molecule has 3 nitrogen and oxygen atoms in total. The van der Waals surface area contributed by atoms with Crippen LogP contribution in [0.15, 0.2) is 22.7 Å². The van der Waals surface area contributed by atoms with Crippen LogP contribution >= 0.6 is 15.9 Å². The third-order valence-corrected chi connectivity index (χ3v) is 3.73. The predicted octanol–water partition coefficient (Wildman–Crippen LogP) is 2.23. The van der Waals surface area contributed by atoms with Gasteiger partial charge in [-0.2, -0.15) is 0 Å². The van der Waals surface area contributed by atoms with Gasteiger partial charge < -0.3 is 10.4 Å². The topological polar surface area (TPSA) is 49.3 Å². The van der Waals surface area contributed by atoms with E-state index in [0.29, 0.717) is 17.3 Å². The minimum absolute atomic E-state index is 0.217. The van der Waals surface area contributed by atoms with Crippen LogP contribution in [0.4, 0.5) is 4.39 Å². The average Bonchev–Trinajstić information content (AvgIpc) is 2.26. The molecule has 0 saturated heterocycles. The summed E-state index contributed by atoms with van der Waals surface area (Å²) in [5.74, 6) is -0.836. The number of aliphatic hydroxyl groups is 1. The molecule has 2 N–H and O–H groups in total. The number of rotatable bonds is 3. The van der Waals surface area contributed by atoms with E-state index in [-0.39, 0.29) is 18.0 Å². The van der Waals surface area contributed by atoms with Crippen molar-refractivity contribution in [3.8, 4) is 0 Å². The lowest BCUT2D eigenvalue weighted by atomic mass is 9.80. The Morgan fingerprint density at radius 2 is 2.24 bits per heavy atom. The minimum atomic E-state index is -0.768. The molecule has 17 heavy (non-hydrogen) atoms. The largest absolute Gasteiger partial charge is 0.388 e. The van der Waals surface area contributed by atoms with E-state index in [4.69, 9.17) is 0 Å². The zero-order valence-corrected chi connectivity index (χ0v) is 10.8. The fraction of sp³-hybridized carbons (Fsp3) is 0.417. The van der Waals surface area contributed by atoms with E-state index >= 15 is 0 Å². The molecule has 0 heterocycles. The highest BCUT2D eigenvalue weighted by Gasteiger charge is 2.34. The second kappa shape index (κ2) is 4.74. The summed E-state index contributed by atoms with van der Waals surface area (Å²) in [6, 6.07) is 3.94. The van der Waals surface area contributed by atoms with Gasteiger partial charge in [0, 0.05) is 11.0 Å². The highest BCUT2D eigenvalue weighted by Crippen LogP contribution is 2.30. The first kappa shape index (κ1) is 12.5. The van der Waals surface area contributed by atoms with Gasteiger partial charge in [-0.15, -0.1) is 0 Å². The van der Waals surface area contributed by atoms with E-state index in [1.54, 1.807) is 0 Å². The summed E-state index contributed by atoms with van der Waals surface area (Å²) in [5, 5.41) is 12.5. The molecule has 1 saturated carbocycles.